The fourth-order valence-electron chi connectivity index (χ4n) is 3.81. The molecule has 5 nitrogen and oxygen atoms in total. The first-order valence-corrected chi connectivity index (χ1v) is 9.06. The molecule has 1 aromatic carbocycles. The minimum Gasteiger partial charge on any atom is -0.326 e. The van der Waals surface area contributed by atoms with E-state index in [0.29, 0.717) is 5.69 Å². The molecule has 1 aliphatic carbocycles. The number of hydrogen-bond donors (Lipinski definition) is 0. The van der Waals surface area contributed by atoms with Gasteiger partial charge in [-0.2, -0.15) is 0 Å². The number of hydrogen-bond acceptors (Lipinski definition) is 3. The molecule has 138 valence electrons. The highest BCUT2D eigenvalue weighted by molar-refractivity contribution is 6.23. The number of benzene rings is 1. The van der Waals surface area contributed by atoms with Gasteiger partial charge in [0.15, 0.2) is 0 Å². The van der Waals surface area contributed by atoms with Gasteiger partial charge >= 0.3 is 0 Å². The Labute approximate surface area is 152 Å². The molecular weight excluding hydrogens is 335 g/mol. The van der Waals surface area contributed by atoms with Crippen molar-refractivity contribution in [3.05, 3.63) is 42.7 Å². The lowest BCUT2D eigenvalue weighted by Gasteiger charge is -2.31. The molecule has 1 aromatic rings. The highest BCUT2D eigenvalue weighted by Gasteiger charge is 2.45. The topological polar surface area (TPSA) is 57.7 Å². The van der Waals surface area contributed by atoms with Crippen molar-refractivity contribution >= 4 is 23.4 Å². The van der Waals surface area contributed by atoms with Gasteiger partial charge in [-0.1, -0.05) is 25.3 Å². The molecule has 1 saturated heterocycles. The van der Waals surface area contributed by atoms with Crippen LogP contribution in [0.4, 0.5) is 10.1 Å². The Hall–Kier alpha value is -2.50. The maximum atomic E-state index is 13.1. The third kappa shape index (κ3) is 3.54. The van der Waals surface area contributed by atoms with E-state index in [0.717, 1.165) is 37.0 Å². The molecule has 6 heteroatoms. The fraction of sp³-hybridized carbons (Fsp3) is 0.450. The first-order chi connectivity index (χ1) is 12.5. The van der Waals surface area contributed by atoms with Crippen LogP contribution >= 0.6 is 0 Å². The maximum absolute atomic E-state index is 13.1. The van der Waals surface area contributed by atoms with Crippen molar-refractivity contribution in [3.8, 4) is 0 Å². The van der Waals surface area contributed by atoms with Gasteiger partial charge in [-0.25, -0.2) is 9.29 Å². The smallest absolute Gasteiger partial charge is 0.257 e. The van der Waals surface area contributed by atoms with Crippen LogP contribution in [-0.4, -0.2) is 35.2 Å². The third-order valence-corrected chi connectivity index (χ3v) is 5.15. The van der Waals surface area contributed by atoms with E-state index in [-0.39, 0.29) is 30.7 Å². The van der Waals surface area contributed by atoms with Gasteiger partial charge in [-0.3, -0.25) is 14.4 Å². The Balaban J connectivity index is 1.82. The molecule has 1 heterocycles. The van der Waals surface area contributed by atoms with E-state index >= 15 is 0 Å². The Bertz CT molecular complexity index is 710. The molecule has 1 saturated carbocycles. The van der Waals surface area contributed by atoms with Crippen LogP contribution < -0.4 is 4.90 Å². The monoisotopic (exact) mass is 358 g/mol. The maximum Gasteiger partial charge on any atom is 0.257 e. The third-order valence-electron chi connectivity index (χ3n) is 5.15. The number of carbonyl (C=O) groups excluding carboxylic acids is 3. The zero-order valence-electron chi connectivity index (χ0n) is 14.7. The van der Waals surface area contributed by atoms with Crippen molar-refractivity contribution in [2.24, 2.45) is 5.92 Å². The Kier molecular flexibility index (Phi) is 5.49. The van der Waals surface area contributed by atoms with E-state index in [9.17, 15) is 18.8 Å². The normalized spacial score (nSPS) is 21.1. The standard InChI is InChI=1S/C20H23FN2O3/c1-2-12-22(19(25)14-6-4-3-5-7-14)17-13-18(24)23(20(17)26)16-10-8-15(21)9-11-16/h2,8-11,14,17H,1,3-7,12-13H2. The van der Waals surface area contributed by atoms with E-state index in [1.54, 1.807) is 6.08 Å². The molecule has 3 amide bonds. The molecular formula is C20H23FN2O3. The summed E-state index contributed by atoms with van der Waals surface area (Å²) in [5, 5.41) is 0. The van der Waals surface area contributed by atoms with E-state index in [1.165, 1.54) is 29.2 Å². The van der Waals surface area contributed by atoms with Gasteiger partial charge in [0, 0.05) is 12.5 Å². The SMILES string of the molecule is C=CCN(C(=O)C1CCCCC1)C1CC(=O)N(c2ccc(F)cc2)C1=O. The van der Waals surface area contributed by atoms with Gasteiger partial charge in [-0.15, -0.1) is 6.58 Å². The number of nitrogens with zero attached hydrogens (tertiary/aromatic N) is 2. The van der Waals surface area contributed by atoms with Crippen molar-refractivity contribution in [1.82, 2.24) is 4.90 Å². The molecule has 0 N–H and O–H groups in total. The highest BCUT2D eigenvalue weighted by atomic mass is 19.1. The van der Waals surface area contributed by atoms with Crippen LogP contribution in [0.1, 0.15) is 38.5 Å². The predicted molar refractivity (Wildman–Crippen MR) is 95.8 cm³/mol. The molecule has 0 radical (unpaired) electrons. The molecule has 0 bridgehead atoms. The fourth-order valence-corrected chi connectivity index (χ4v) is 3.81. The molecule has 2 fully saturated rings. The Morgan fingerprint density at radius 2 is 1.85 bits per heavy atom. The molecule has 0 aromatic heterocycles. The molecule has 0 spiro atoms. The minimum absolute atomic E-state index is 0.0531. The lowest BCUT2D eigenvalue weighted by atomic mass is 9.88. The molecule has 1 atom stereocenters. The summed E-state index contributed by atoms with van der Waals surface area (Å²) in [6.07, 6.45) is 6.33. The second-order valence-corrected chi connectivity index (χ2v) is 6.88. The number of halogens is 1. The number of rotatable bonds is 5. The molecule has 2 aliphatic rings. The molecule has 26 heavy (non-hydrogen) atoms. The van der Waals surface area contributed by atoms with Crippen LogP contribution in [-0.2, 0) is 14.4 Å². The van der Waals surface area contributed by atoms with Crippen LogP contribution in [0, 0.1) is 11.7 Å². The van der Waals surface area contributed by atoms with Gasteiger partial charge in [-0.05, 0) is 37.1 Å². The summed E-state index contributed by atoms with van der Waals surface area (Å²) in [7, 11) is 0. The van der Waals surface area contributed by atoms with Crippen LogP contribution in [0.5, 0.6) is 0 Å². The average molecular weight is 358 g/mol. The van der Waals surface area contributed by atoms with Gasteiger partial charge in [0.05, 0.1) is 12.1 Å². The first-order valence-electron chi connectivity index (χ1n) is 9.06. The van der Waals surface area contributed by atoms with Gasteiger partial charge in [0.25, 0.3) is 5.91 Å². The molecule has 1 aliphatic heterocycles. The summed E-state index contributed by atoms with van der Waals surface area (Å²) in [4.78, 5) is 40.8. The number of amides is 3. The van der Waals surface area contributed by atoms with Gasteiger partial charge in [0.1, 0.15) is 11.9 Å². The Morgan fingerprint density at radius 1 is 1.19 bits per heavy atom. The van der Waals surface area contributed by atoms with Gasteiger partial charge < -0.3 is 4.90 Å². The minimum atomic E-state index is -0.819. The first kappa shape index (κ1) is 18.3. The van der Waals surface area contributed by atoms with Crippen molar-refractivity contribution in [3.63, 3.8) is 0 Å². The summed E-state index contributed by atoms with van der Waals surface area (Å²) in [6.45, 7) is 3.92. The van der Waals surface area contributed by atoms with Crippen molar-refractivity contribution in [1.29, 1.82) is 0 Å². The van der Waals surface area contributed by atoms with Crippen LogP contribution in [0.15, 0.2) is 36.9 Å². The lowest BCUT2D eigenvalue weighted by molar-refractivity contribution is -0.142. The van der Waals surface area contributed by atoms with Crippen LogP contribution in [0.25, 0.3) is 0 Å². The van der Waals surface area contributed by atoms with Crippen molar-refractivity contribution < 1.29 is 18.8 Å². The summed E-state index contributed by atoms with van der Waals surface area (Å²) in [6, 6.07) is 4.39. The molecule has 3 rings (SSSR count). The largest absolute Gasteiger partial charge is 0.326 e. The van der Waals surface area contributed by atoms with Crippen LogP contribution in [0.2, 0.25) is 0 Å². The van der Waals surface area contributed by atoms with E-state index in [4.69, 9.17) is 0 Å². The Morgan fingerprint density at radius 3 is 2.46 bits per heavy atom. The zero-order valence-corrected chi connectivity index (χ0v) is 14.7. The summed E-state index contributed by atoms with van der Waals surface area (Å²) in [5.74, 6) is -1.42. The highest BCUT2D eigenvalue weighted by Crippen LogP contribution is 2.30. The summed E-state index contributed by atoms with van der Waals surface area (Å²) >= 11 is 0. The second kappa shape index (κ2) is 7.81. The van der Waals surface area contributed by atoms with Crippen LogP contribution in [0.3, 0.4) is 0 Å². The number of imide groups is 1. The summed E-state index contributed by atoms with van der Waals surface area (Å²) < 4.78 is 13.1. The lowest BCUT2D eigenvalue weighted by Crippen LogP contribution is -2.48. The van der Waals surface area contributed by atoms with E-state index in [2.05, 4.69) is 6.58 Å². The van der Waals surface area contributed by atoms with Gasteiger partial charge in [0.2, 0.25) is 11.8 Å². The van der Waals surface area contributed by atoms with E-state index < -0.39 is 17.8 Å². The predicted octanol–water partition coefficient (Wildman–Crippen LogP) is 3.05. The van der Waals surface area contributed by atoms with E-state index in [1.807, 2.05) is 0 Å². The van der Waals surface area contributed by atoms with Crippen molar-refractivity contribution in [2.75, 3.05) is 11.4 Å². The second-order valence-electron chi connectivity index (χ2n) is 6.88. The van der Waals surface area contributed by atoms with Crippen molar-refractivity contribution in [2.45, 2.75) is 44.6 Å². The average Bonchev–Trinajstić information content (AvgIpc) is 2.95. The zero-order chi connectivity index (χ0) is 18.7. The number of anilines is 1. The molecule has 1 unspecified atom stereocenters. The quantitative estimate of drug-likeness (QED) is 0.600. The number of carbonyl (C=O) groups is 3. The summed E-state index contributed by atoms with van der Waals surface area (Å²) in [5.41, 5.74) is 0.326.